The Labute approximate surface area is 162 Å². The minimum absolute atomic E-state index is 0.000618. The summed E-state index contributed by atoms with van der Waals surface area (Å²) >= 11 is 12.0. The number of anilines is 3. The fourth-order valence-electron chi connectivity index (χ4n) is 2.56. The molecule has 1 aromatic carbocycles. The van der Waals surface area contributed by atoms with Gasteiger partial charge in [-0.3, -0.25) is 0 Å². The van der Waals surface area contributed by atoms with E-state index in [0.29, 0.717) is 23.4 Å². The Kier molecular flexibility index (Phi) is 5.75. The first kappa shape index (κ1) is 19.0. The summed E-state index contributed by atoms with van der Waals surface area (Å²) in [5, 5.41) is 25.9. The Morgan fingerprint density at radius 3 is 2.35 bits per heavy atom. The van der Waals surface area contributed by atoms with Crippen LogP contribution in [-0.4, -0.2) is 32.8 Å². The van der Waals surface area contributed by atoms with Crippen molar-refractivity contribution in [1.82, 2.24) is 9.97 Å². The second-order valence-corrected chi connectivity index (χ2v) is 7.68. The molecular formula is C18H22Cl2N4O2. The van der Waals surface area contributed by atoms with Gasteiger partial charge in [-0.1, -0.05) is 37.0 Å². The Morgan fingerprint density at radius 1 is 1.15 bits per heavy atom. The van der Waals surface area contributed by atoms with Gasteiger partial charge < -0.3 is 20.8 Å². The zero-order chi connectivity index (χ0) is 18.8. The van der Waals surface area contributed by atoms with Crippen molar-refractivity contribution in [2.45, 2.75) is 38.6 Å². The topological polar surface area (TPSA) is 90.3 Å². The number of nitrogens with one attached hydrogen (secondary N) is 2. The average molecular weight is 397 g/mol. The molecule has 0 spiro atoms. The summed E-state index contributed by atoms with van der Waals surface area (Å²) in [4.78, 5) is 9.09. The van der Waals surface area contributed by atoms with Crippen molar-refractivity contribution in [3.63, 3.8) is 0 Å². The van der Waals surface area contributed by atoms with Crippen LogP contribution in [0.25, 0.3) is 0 Å². The van der Waals surface area contributed by atoms with Crippen LogP contribution in [0.4, 0.5) is 17.5 Å². The van der Waals surface area contributed by atoms with E-state index in [1.807, 2.05) is 19.9 Å². The summed E-state index contributed by atoms with van der Waals surface area (Å²) in [7, 11) is 0. The van der Waals surface area contributed by atoms with Crippen LogP contribution in [0.1, 0.15) is 38.3 Å². The molecule has 26 heavy (non-hydrogen) atoms. The van der Waals surface area contributed by atoms with Crippen molar-refractivity contribution in [3.8, 4) is 5.75 Å². The smallest absolute Gasteiger partial charge is 0.225 e. The maximum absolute atomic E-state index is 9.69. The van der Waals surface area contributed by atoms with Gasteiger partial charge in [0.1, 0.15) is 5.82 Å². The number of hydrogen-bond donors (Lipinski definition) is 4. The van der Waals surface area contributed by atoms with Gasteiger partial charge in [0, 0.05) is 17.7 Å². The van der Waals surface area contributed by atoms with Crippen LogP contribution < -0.4 is 10.6 Å². The standard InChI is InChI=1S/C18H22Cl2N4O2/c1-9(2)15(8-25)23-18-22-14(10-3-4-10)7-16(24-18)21-11-5-12(19)17(26)13(20)6-11/h5-7,9-10,15,25-26H,3-4,8H2,1-2H3,(H2,21,22,23,24)/t15-/m1/s1. The summed E-state index contributed by atoms with van der Waals surface area (Å²) in [6.07, 6.45) is 2.22. The van der Waals surface area contributed by atoms with E-state index in [0.717, 1.165) is 18.5 Å². The number of halogens is 2. The van der Waals surface area contributed by atoms with Gasteiger partial charge in [0.25, 0.3) is 0 Å². The summed E-state index contributed by atoms with van der Waals surface area (Å²) in [6, 6.07) is 4.94. The number of aliphatic hydroxyl groups excluding tert-OH is 1. The second-order valence-electron chi connectivity index (χ2n) is 6.87. The number of benzene rings is 1. The lowest BCUT2D eigenvalue weighted by Crippen LogP contribution is -2.30. The molecule has 4 N–H and O–H groups in total. The molecule has 3 rings (SSSR count). The van der Waals surface area contributed by atoms with E-state index in [4.69, 9.17) is 23.2 Å². The van der Waals surface area contributed by atoms with Crippen LogP contribution >= 0.6 is 23.2 Å². The zero-order valence-corrected chi connectivity index (χ0v) is 16.1. The Hall–Kier alpha value is -1.76. The highest BCUT2D eigenvalue weighted by atomic mass is 35.5. The number of phenols is 1. The molecule has 1 atom stereocenters. The van der Waals surface area contributed by atoms with Crippen LogP contribution in [0.2, 0.25) is 10.0 Å². The summed E-state index contributed by atoms with van der Waals surface area (Å²) in [5.41, 5.74) is 1.58. The van der Waals surface area contributed by atoms with Gasteiger partial charge in [-0.05, 0) is 30.9 Å². The maximum Gasteiger partial charge on any atom is 0.225 e. The average Bonchev–Trinajstić information content (AvgIpc) is 3.42. The normalized spacial score (nSPS) is 15.2. The molecule has 1 aliphatic carbocycles. The third-order valence-electron chi connectivity index (χ3n) is 4.35. The number of hydrogen-bond acceptors (Lipinski definition) is 6. The van der Waals surface area contributed by atoms with Gasteiger partial charge in [0.15, 0.2) is 5.75 Å². The number of phenolic OH excluding ortho intramolecular Hbond substituents is 1. The molecule has 1 fully saturated rings. The zero-order valence-electron chi connectivity index (χ0n) is 14.6. The van der Waals surface area contributed by atoms with Crippen molar-refractivity contribution in [1.29, 1.82) is 0 Å². The molecule has 1 heterocycles. The monoisotopic (exact) mass is 396 g/mol. The van der Waals surface area contributed by atoms with Gasteiger partial charge in [0.2, 0.25) is 5.95 Å². The van der Waals surface area contributed by atoms with Crippen LogP contribution in [0, 0.1) is 5.92 Å². The first-order valence-corrected chi connectivity index (χ1v) is 9.34. The Balaban J connectivity index is 1.88. The highest BCUT2D eigenvalue weighted by molar-refractivity contribution is 6.37. The van der Waals surface area contributed by atoms with Crippen molar-refractivity contribution in [2.75, 3.05) is 17.2 Å². The third kappa shape index (κ3) is 4.50. The molecule has 0 amide bonds. The Bertz CT molecular complexity index is 774. The van der Waals surface area contributed by atoms with E-state index in [9.17, 15) is 10.2 Å². The first-order chi connectivity index (χ1) is 12.4. The quantitative estimate of drug-likeness (QED) is 0.513. The van der Waals surface area contributed by atoms with Crippen LogP contribution in [-0.2, 0) is 0 Å². The Morgan fingerprint density at radius 2 is 1.81 bits per heavy atom. The van der Waals surface area contributed by atoms with Crippen LogP contribution in [0.15, 0.2) is 18.2 Å². The predicted octanol–water partition coefficient (Wildman–Crippen LogP) is 4.54. The van der Waals surface area contributed by atoms with E-state index in [1.54, 1.807) is 12.1 Å². The van der Waals surface area contributed by atoms with E-state index in [-0.39, 0.29) is 34.4 Å². The van der Waals surface area contributed by atoms with Crippen molar-refractivity contribution in [3.05, 3.63) is 33.9 Å². The van der Waals surface area contributed by atoms with Crippen molar-refractivity contribution >= 4 is 40.7 Å². The summed E-state index contributed by atoms with van der Waals surface area (Å²) < 4.78 is 0. The van der Waals surface area contributed by atoms with E-state index < -0.39 is 0 Å². The molecule has 140 valence electrons. The molecular weight excluding hydrogens is 375 g/mol. The van der Waals surface area contributed by atoms with Gasteiger partial charge in [-0.2, -0.15) is 4.98 Å². The molecule has 2 aromatic rings. The third-order valence-corrected chi connectivity index (χ3v) is 4.92. The number of rotatable bonds is 7. The molecule has 6 nitrogen and oxygen atoms in total. The fraction of sp³-hybridized carbons (Fsp3) is 0.444. The fourth-order valence-corrected chi connectivity index (χ4v) is 3.04. The highest BCUT2D eigenvalue weighted by Crippen LogP contribution is 2.40. The van der Waals surface area contributed by atoms with E-state index in [1.165, 1.54) is 0 Å². The lowest BCUT2D eigenvalue weighted by molar-refractivity contribution is 0.248. The highest BCUT2D eigenvalue weighted by Gasteiger charge is 2.27. The van der Waals surface area contributed by atoms with Crippen LogP contribution in [0.5, 0.6) is 5.75 Å². The molecule has 1 aromatic heterocycles. The number of aromatic hydroxyl groups is 1. The molecule has 0 radical (unpaired) electrons. The first-order valence-electron chi connectivity index (χ1n) is 8.58. The van der Waals surface area contributed by atoms with Crippen molar-refractivity contribution in [2.24, 2.45) is 5.92 Å². The van der Waals surface area contributed by atoms with Gasteiger partial charge in [-0.25, -0.2) is 4.98 Å². The maximum atomic E-state index is 9.69. The lowest BCUT2D eigenvalue weighted by Gasteiger charge is -2.20. The number of aromatic nitrogens is 2. The van der Waals surface area contributed by atoms with E-state index in [2.05, 4.69) is 20.6 Å². The van der Waals surface area contributed by atoms with Crippen molar-refractivity contribution < 1.29 is 10.2 Å². The molecule has 0 saturated heterocycles. The van der Waals surface area contributed by atoms with Gasteiger partial charge in [0.05, 0.1) is 28.4 Å². The largest absolute Gasteiger partial charge is 0.505 e. The van der Waals surface area contributed by atoms with Gasteiger partial charge in [-0.15, -0.1) is 0 Å². The van der Waals surface area contributed by atoms with Gasteiger partial charge >= 0.3 is 0 Å². The molecule has 1 aliphatic rings. The minimum atomic E-state index is -0.148. The summed E-state index contributed by atoms with van der Waals surface area (Å²) in [6.45, 7) is 4.05. The second kappa shape index (κ2) is 7.86. The molecule has 0 unspecified atom stereocenters. The molecule has 8 heteroatoms. The van der Waals surface area contributed by atoms with Crippen LogP contribution in [0.3, 0.4) is 0 Å². The number of nitrogens with zero attached hydrogens (tertiary/aromatic N) is 2. The minimum Gasteiger partial charge on any atom is -0.505 e. The van der Waals surface area contributed by atoms with E-state index >= 15 is 0 Å². The SMILES string of the molecule is CC(C)[C@@H](CO)Nc1nc(Nc2cc(Cl)c(O)c(Cl)c2)cc(C2CC2)n1. The predicted molar refractivity (Wildman–Crippen MR) is 105 cm³/mol. The summed E-state index contributed by atoms with van der Waals surface area (Å²) in [5.74, 6) is 1.60. The molecule has 1 saturated carbocycles. The molecule has 0 aliphatic heterocycles. The number of aliphatic hydroxyl groups is 1. The molecule has 0 bridgehead atoms. The lowest BCUT2D eigenvalue weighted by atomic mass is 10.1.